The van der Waals surface area contributed by atoms with Gasteiger partial charge in [-0.3, -0.25) is 4.79 Å². The third-order valence-electron chi connectivity index (χ3n) is 6.73. The lowest BCUT2D eigenvalue weighted by Gasteiger charge is -2.43. The van der Waals surface area contributed by atoms with Gasteiger partial charge in [-0.25, -0.2) is 8.42 Å². The number of rotatable bonds is 7. The minimum absolute atomic E-state index is 0.0618. The lowest BCUT2D eigenvalue weighted by Crippen LogP contribution is -2.53. The Labute approximate surface area is 207 Å². The summed E-state index contributed by atoms with van der Waals surface area (Å²) >= 11 is 6.07. The first-order valence-electron chi connectivity index (χ1n) is 11.7. The van der Waals surface area contributed by atoms with Crippen molar-refractivity contribution in [3.05, 3.63) is 59.6 Å². The molecule has 2 aliphatic heterocycles. The summed E-state index contributed by atoms with van der Waals surface area (Å²) in [5, 5.41) is 0.377. The van der Waals surface area contributed by atoms with Crippen LogP contribution in [0.2, 0.25) is 5.02 Å². The monoisotopic (exact) mass is 505 g/mol. The van der Waals surface area contributed by atoms with Gasteiger partial charge in [-0.2, -0.15) is 4.31 Å². The molecule has 7 nitrogen and oxygen atoms in total. The molecule has 34 heavy (non-hydrogen) atoms. The minimum atomic E-state index is -3.74. The van der Waals surface area contributed by atoms with E-state index < -0.39 is 15.4 Å². The molecule has 9 heteroatoms. The highest BCUT2D eigenvalue weighted by Gasteiger charge is 2.43. The molecule has 2 aromatic rings. The second-order valence-electron chi connectivity index (χ2n) is 9.36. The summed E-state index contributed by atoms with van der Waals surface area (Å²) in [5.41, 5.74) is -0.611. The number of amides is 1. The van der Waals surface area contributed by atoms with Crippen molar-refractivity contribution >= 4 is 27.5 Å². The summed E-state index contributed by atoms with van der Waals surface area (Å²) in [7, 11) is -1.69. The third-order valence-corrected chi connectivity index (χ3v) is 8.81. The van der Waals surface area contributed by atoms with Gasteiger partial charge in [-0.1, -0.05) is 35.9 Å². The highest BCUT2D eigenvalue weighted by Crippen LogP contribution is 2.37. The summed E-state index contributed by atoms with van der Waals surface area (Å²) in [4.78, 5) is 17.6. The van der Waals surface area contributed by atoms with Crippen LogP contribution in [0.5, 0.6) is 5.75 Å². The molecule has 1 amide bonds. The van der Waals surface area contributed by atoms with Crippen molar-refractivity contribution in [3.8, 4) is 5.75 Å². The summed E-state index contributed by atoms with van der Waals surface area (Å²) in [5.74, 6) is 0.774. The van der Waals surface area contributed by atoms with Crippen LogP contribution < -0.4 is 4.74 Å². The Balaban J connectivity index is 1.56. The number of sulfonamides is 1. The van der Waals surface area contributed by atoms with E-state index in [1.807, 2.05) is 35.2 Å². The number of carbonyl (C=O) groups is 1. The fraction of sp³-hybridized carbons (Fsp3) is 0.480. The zero-order chi connectivity index (χ0) is 24.2. The smallest absolute Gasteiger partial charge is 0.243 e. The van der Waals surface area contributed by atoms with Crippen molar-refractivity contribution in [2.24, 2.45) is 5.41 Å². The van der Waals surface area contributed by atoms with Gasteiger partial charge in [0.2, 0.25) is 15.9 Å². The van der Waals surface area contributed by atoms with Gasteiger partial charge >= 0.3 is 0 Å². The van der Waals surface area contributed by atoms with Crippen molar-refractivity contribution in [1.82, 2.24) is 14.1 Å². The van der Waals surface area contributed by atoms with Crippen LogP contribution in [0.3, 0.4) is 0 Å². The number of piperazine rings is 1. The summed E-state index contributed by atoms with van der Waals surface area (Å²) in [6.07, 6.45) is 1.64. The van der Waals surface area contributed by atoms with Crippen LogP contribution in [0.4, 0.5) is 0 Å². The van der Waals surface area contributed by atoms with Crippen LogP contribution in [0, 0.1) is 5.41 Å². The summed E-state index contributed by atoms with van der Waals surface area (Å²) < 4.78 is 34.5. The Morgan fingerprint density at radius 1 is 1.03 bits per heavy atom. The topological polar surface area (TPSA) is 70.2 Å². The first-order chi connectivity index (χ1) is 16.3. The standard InChI is InChI=1S/C25H32ClN3O4S/c1-27-13-15-28(16-14-27)24(30)18-25(20-33-22-8-3-2-4-9-22)11-6-12-29(19-25)34(31,32)23-10-5-7-21(26)17-23/h2-5,7-10,17H,6,11-16,18-20H2,1H3/t25-/m0/s1. The normalized spacial score (nSPS) is 22.5. The molecule has 2 heterocycles. The number of ether oxygens (including phenoxy) is 1. The molecule has 4 rings (SSSR count). The quantitative estimate of drug-likeness (QED) is 0.577. The van der Waals surface area contributed by atoms with Gasteiger partial charge < -0.3 is 14.5 Å². The molecule has 0 radical (unpaired) electrons. The molecule has 2 fully saturated rings. The lowest BCUT2D eigenvalue weighted by molar-refractivity contribution is -0.136. The van der Waals surface area contributed by atoms with E-state index >= 15 is 0 Å². The number of para-hydroxylation sites is 1. The highest BCUT2D eigenvalue weighted by atomic mass is 35.5. The minimum Gasteiger partial charge on any atom is -0.493 e. The maximum absolute atomic E-state index is 13.5. The van der Waals surface area contributed by atoms with Gasteiger partial charge in [0.05, 0.1) is 11.5 Å². The zero-order valence-electron chi connectivity index (χ0n) is 19.5. The molecule has 1 atom stereocenters. The van der Waals surface area contributed by atoms with E-state index in [9.17, 15) is 13.2 Å². The zero-order valence-corrected chi connectivity index (χ0v) is 21.1. The summed E-state index contributed by atoms with van der Waals surface area (Å²) in [6.45, 7) is 3.98. The van der Waals surface area contributed by atoms with Crippen LogP contribution in [0.15, 0.2) is 59.5 Å². The molecular weight excluding hydrogens is 474 g/mol. The predicted molar refractivity (Wildman–Crippen MR) is 133 cm³/mol. The van der Waals surface area contributed by atoms with Crippen molar-refractivity contribution in [2.45, 2.75) is 24.2 Å². The fourth-order valence-electron chi connectivity index (χ4n) is 4.70. The molecule has 0 saturated carbocycles. The van der Waals surface area contributed by atoms with Gasteiger partial charge in [-0.05, 0) is 50.2 Å². The number of hydrogen-bond donors (Lipinski definition) is 0. The maximum Gasteiger partial charge on any atom is 0.243 e. The average molecular weight is 506 g/mol. The second kappa shape index (κ2) is 10.6. The number of likely N-dealkylation sites (N-methyl/N-ethyl adjacent to an activating group) is 1. The van der Waals surface area contributed by atoms with Crippen LogP contribution in [0.25, 0.3) is 0 Å². The molecule has 2 aliphatic rings. The molecule has 0 aliphatic carbocycles. The van der Waals surface area contributed by atoms with Gasteiger partial charge in [-0.15, -0.1) is 0 Å². The predicted octanol–water partition coefficient (Wildman–Crippen LogP) is 3.35. The molecule has 0 N–H and O–H groups in total. The fourth-order valence-corrected chi connectivity index (χ4v) is 6.59. The molecule has 0 unspecified atom stereocenters. The Morgan fingerprint density at radius 3 is 2.47 bits per heavy atom. The van der Waals surface area contributed by atoms with E-state index in [0.29, 0.717) is 36.8 Å². The molecular formula is C25H32ClN3O4S. The molecule has 0 spiro atoms. The molecule has 0 bridgehead atoms. The number of halogens is 1. The Hall–Kier alpha value is -2.13. The summed E-state index contributed by atoms with van der Waals surface area (Å²) in [6, 6.07) is 15.8. The first kappa shape index (κ1) is 25.0. The van der Waals surface area contributed by atoms with Crippen molar-refractivity contribution < 1.29 is 17.9 Å². The molecule has 0 aromatic heterocycles. The van der Waals surface area contributed by atoms with Crippen LogP contribution in [-0.4, -0.2) is 81.4 Å². The molecule has 2 aromatic carbocycles. The van der Waals surface area contributed by atoms with Crippen molar-refractivity contribution in [3.63, 3.8) is 0 Å². The number of nitrogens with zero attached hydrogens (tertiary/aromatic N) is 3. The lowest BCUT2D eigenvalue weighted by atomic mass is 9.78. The number of benzene rings is 2. The maximum atomic E-state index is 13.5. The number of carbonyl (C=O) groups excluding carboxylic acids is 1. The second-order valence-corrected chi connectivity index (χ2v) is 11.7. The van der Waals surface area contributed by atoms with Crippen molar-refractivity contribution in [1.29, 1.82) is 0 Å². The SMILES string of the molecule is CN1CCN(C(=O)C[C@@]2(COc3ccccc3)CCCN(S(=O)(=O)c3cccc(Cl)c3)C2)CC1. The molecule has 2 saturated heterocycles. The van der Waals surface area contributed by atoms with Gasteiger partial charge in [0, 0.05) is 56.1 Å². The van der Waals surface area contributed by atoms with Crippen LogP contribution in [-0.2, 0) is 14.8 Å². The van der Waals surface area contributed by atoms with E-state index in [2.05, 4.69) is 11.9 Å². The van der Waals surface area contributed by atoms with E-state index in [1.165, 1.54) is 10.4 Å². The third kappa shape index (κ3) is 5.92. The number of piperidine rings is 1. The van der Waals surface area contributed by atoms with Crippen molar-refractivity contribution in [2.75, 3.05) is 52.9 Å². The molecule has 184 valence electrons. The highest BCUT2D eigenvalue weighted by molar-refractivity contribution is 7.89. The van der Waals surface area contributed by atoms with E-state index in [1.54, 1.807) is 18.2 Å². The van der Waals surface area contributed by atoms with E-state index in [-0.39, 0.29) is 30.4 Å². The Kier molecular flexibility index (Phi) is 7.82. The van der Waals surface area contributed by atoms with Gasteiger partial charge in [0.15, 0.2) is 0 Å². The Morgan fingerprint density at radius 2 is 1.76 bits per heavy atom. The Bertz CT molecular complexity index is 1090. The average Bonchev–Trinajstić information content (AvgIpc) is 2.84. The van der Waals surface area contributed by atoms with E-state index in [0.717, 1.165) is 19.5 Å². The van der Waals surface area contributed by atoms with Gasteiger partial charge in [0.25, 0.3) is 0 Å². The first-order valence-corrected chi connectivity index (χ1v) is 13.5. The van der Waals surface area contributed by atoms with Crippen LogP contribution in [0.1, 0.15) is 19.3 Å². The van der Waals surface area contributed by atoms with E-state index in [4.69, 9.17) is 16.3 Å². The van der Waals surface area contributed by atoms with Gasteiger partial charge in [0.1, 0.15) is 5.75 Å². The van der Waals surface area contributed by atoms with Crippen LogP contribution >= 0.6 is 11.6 Å². The largest absolute Gasteiger partial charge is 0.493 e. The number of hydrogen-bond acceptors (Lipinski definition) is 5.